The first-order valence-corrected chi connectivity index (χ1v) is 6.28. The topological polar surface area (TPSA) is 55.1 Å². The van der Waals surface area contributed by atoms with E-state index >= 15 is 0 Å². The zero-order valence-corrected chi connectivity index (χ0v) is 10.3. The molecule has 3 N–H and O–H groups in total. The van der Waals surface area contributed by atoms with Crippen LogP contribution in [0.25, 0.3) is 0 Å². The molecule has 2 atom stereocenters. The van der Waals surface area contributed by atoms with Gasteiger partial charge in [0.1, 0.15) is 0 Å². The molecule has 3 nitrogen and oxygen atoms in total. The highest BCUT2D eigenvalue weighted by molar-refractivity contribution is 5.94. The summed E-state index contributed by atoms with van der Waals surface area (Å²) in [6, 6.07) is 7.93. The SMILES string of the molecule is Cc1ccc(C(=O)NC2CCCC2CN)cc1. The van der Waals surface area contributed by atoms with E-state index < -0.39 is 0 Å². The Labute approximate surface area is 102 Å². The standard InChI is InChI=1S/C14H20N2O/c1-10-5-7-11(8-6-10)14(17)16-13-4-2-3-12(13)9-15/h5-8,12-13H,2-4,9,15H2,1H3,(H,16,17). The summed E-state index contributed by atoms with van der Waals surface area (Å²) >= 11 is 0. The molecule has 0 heterocycles. The Morgan fingerprint density at radius 3 is 2.71 bits per heavy atom. The molecule has 2 rings (SSSR count). The van der Waals surface area contributed by atoms with Gasteiger partial charge in [0, 0.05) is 11.6 Å². The van der Waals surface area contributed by atoms with Crippen molar-refractivity contribution < 1.29 is 4.79 Å². The second kappa shape index (κ2) is 5.32. The van der Waals surface area contributed by atoms with Crippen molar-refractivity contribution >= 4 is 5.91 Å². The third-order valence-electron chi connectivity index (χ3n) is 3.59. The number of hydrogen-bond acceptors (Lipinski definition) is 2. The highest BCUT2D eigenvalue weighted by atomic mass is 16.1. The smallest absolute Gasteiger partial charge is 0.251 e. The van der Waals surface area contributed by atoms with E-state index in [1.165, 1.54) is 12.0 Å². The molecule has 2 unspecified atom stereocenters. The Morgan fingerprint density at radius 2 is 2.06 bits per heavy atom. The molecule has 0 radical (unpaired) electrons. The predicted molar refractivity (Wildman–Crippen MR) is 68.8 cm³/mol. The third-order valence-corrected chi connectivity index (χ3v) is 3.59. The second-order valence-electron chi connectivity index (χ2n) is 4.87. The van der Waals surface area contributed by atoms with Gasteiger partial charge < -0.3 is 11.1 Å². The highest BCUT2D eigenvalue weighted by Gasteiger charge is 2.27. The van der Waals surface area contributed by atoms with Crippen LogP contribution in [0.5, 0.6) is 0 Å². The molecule has 0 saturated heterocycles. The van der Waals surface area contributed by atoms with Gasteiger partial charge in [0.05, 0.1) is 0 Å². The molecular weight excluding hydrogens is 212 g/mol. The van der Waals surface area contributed by atoms with Crippen molar-refractivity contribution in [3.8, 4) is 0 Å². The van der Waals surface area contributed by atoms with Crippen LogP contribution in [0.4, 0.5) is 0 Å². The molecule has 0 spiro atoms. The summed E-state index contributed by atoms with van der Waals surface area (Å²) in [7, 11) is 0. The molecule has 1 saturated carbocycles. The molecular formula is C14H20N2O. The zero-order chi connectivity index (χ0) is 12.3. The minimum atomic E-state index is 0.0235. The molecule has 0 bridgehead atoms. The maximum Gasteiger partial charge on any atom is 0.251 e. The first kappa shape index (κ1) is 12.1. The number of carbonyl (C=O) groups excluding carboxylic acids is 1. The molecule has 1 amide bonds. The minimum Gasteiger partial charge on any atom is -0.349 e. The summed E-state index contributed by atoms with van der Waals surface area (Å²) in [5, 5.41) is 3.10. The quantitative estimate of drug-likeness (QED) is 0.835. The molecule has 17 heavy (non-hydrogen) atoms. The maximum atomic E-state index is 12.0. The molecule has 1 aliphatic rings. The van der Waals surface area contributed by atoms with Crippen LogP contribution in [0, 0.1) is 12.8 Å². The number of rotatable bonds is 3. The van der Waals surface area contributed by atoms with Gasteiger partial charge >= 0.3 is 0 Å². The summed E-state index contributed by atoms with van der Waals surface area (Å²) in [5.74, 6) is 0.472. The fourth-order valence-corrected chi connectivity index (χ4v) is 2.47. The number of nitrogens with one attached hydrogen (secondary N) is 1. The predicted octanol–water partition coefficient (Wildman–Crippen LogP) is 1.85. The van der Waals surface area contributed by atoms with Crippen LogP contribution in [-0.2, 0) is 0 Å². The summed E-state index contributed by atoms with van der Waals surface area (Å²) in [6.45, 7) is 2.68. The monoisotopic (exact) mass is 232 g/mol. The largest absolute Gasteiger partial charge is 0.349 e. The summed E-state index contributed by atoms with van der Waals surface area (Å²) < 4.78 is 0. The first-order chi connectivity index (χ1) is 8.20. The van der Waals surface area contributed by atoms with Crippen LogP contribution in [0.2, 0.25) is 0 Å². The van der Waals surface area contributed by atoms with E-state index in [0.717, 1.165) is 18.4 Å². The van der Waals surface area contributed by atoms with Gasteiger partial charge in [0.2, 0.25) is 0 Å². The molecule has 0 aliphatic heterocycles. The summed E-state index contributed by atoms with van der Waals surface area (Å²) in [4.78, 5) is 12.0. The summed E-state index contributed by atoms with van der Waals surface area (Å²) in [5.41, 5.74) is 7.61. The van der Waals surface area contributed by atoms with Gasteiger partial charge in [-0.15, -0.1) is 0 Å². The Hall–Kier alpha value is -1.35. The lowest BCUT2D eigenvalue weighted by Gasteiger charge is -2.19. The van der Waals surface area contributed by atoms with E-state index in [0.29, 0.717) is 12.5 Å². The lowest BCUT2D eigenvalue weighted by molar-refractivity contribution is 0.0929. The number of nitrogens with two attached hydrogens (primary N) is 1. The number of carbonyl (C=O) groups is 1. The molecule has 1 aromatic rings. The van der Waals surface area contributed by atoms with Crippen molar-refractivity contribution in [2.24, 2.45) is 11.7 Å². The van der Waals surface area contributed by atoms with E-state index in [2.05, 4.69) is 5.32 Å². The van der Waals surface area contributed by atoms with Crippen LogP contribution in [0.1, 0.15) is 35.2 Å². The van der Waals surface area contributed by atoms with Crippen LogP contribution in [0.3, 0.4) is 0 Å². The Bertz CT molecular complexity index is 386. The molecule has 92 valence electrons. The van der Waals surface area contributed by atoms with Crippen molar-refractivity contribution in [2.45, 2.75) is 32.2 Å². The van der Waals surface area contributed by atoms with Gasteiger partial charge in [-0.2, -0.15) is 0 Å². The average molecular weight is 232 g/mol. The second-order valence-corrected chi connectivity index (χ2v) is 4.87. The zero-order valence-electron chi connectivity index (χ0n) is 10.3. The first-order valence-electron chi connectivity index (χ1n) is 6.28. The minimum absolute atomic E-state index is 0.0235. The Balaban J connectivity index is 1.99. The molecule has 3 heteroatoms. The molecule has 0 aromatic heterocycles. The van der Waals surface area contributed by atoms with Crippen LogP contribution >= 0.6 is 0 Å². The lowest BCUT2D eigenvalue weighted by Crippen LogP contribution is -2.39. The summed E-state index contributed by atoms with van der Waals surface area (Å²) in [6.07, 6.45) is 3.36. The van der Waals surface area contributed by atoms with Gasteiger partial charge in [0.25, 0.3) is 5.91 Å². The number of benzene rings is 1. The average Bonchev–Trinajstić information content (AvgIpc) is 2.77. The molecule has 1 fully saturated rings. The number of hydrogen-bond donors (Lipinski definition) is 2. The van der Waals surface area contributed by atoms with E-state index in [-0.39, 0.29) is 11.9 Å². The van der Waals surface area contributed by atoms with Crippen molar-refractivity contribution in [3.05, 3.63) is 35.4 Å². The van der Waals surface area contributed by atoms with E-state index in [4.69, 9.17) is 5.73 Å². The van der Waals surface area contributed by atoms with Crippen molar-refractivity contribution in [1.82, 2.24) is 5.32 Å². The fourth-order valence-electron chi connectivity index (χ4n) is 2.47. The molecule has 1 aromatic carbocycles. The van der Waals surface area contributed by atoms with Crippen molar-refractivity contribution in [3.63, 3.8) is 0 Å². The van der Waals surface area contributed by atoms with Gasteiger partial charge in [-0.05, 0) is 44.4 Å². The highest BCUT2D eigenvalue weighted by Crippen LogP contribution is 2.24. The van der Waals surface area contributed by atoms with E-state index in [9.17, 15) is 4.79 Å². The Kier molecular flexibility index (Phi) is 3.79. The van der Waals surface area contributed by atoms with Gasteiger partial charge in [-0.25, -0.2) is 0 Å². The normalized spacial score (nSPS) is 23.6. The third kappa shape index (κ3) is 2.86. The van der Waals surface area contributed by atoms with E-state index in [1.807, 2.05) is 31.2 Å². The van der Waals surface area contributed by atoms with Crippen molar-refractivity contribution in [1.29, 1.82) is 0 Å². The number of amides is 1. The van der Waals surface area contributed by atoms with Gasteiger partial charge in [-0.3, -0.25) is 4.79 Å². The van der Waals surface area contributed by atoms with Gasteiger partial charge in [-0.1, -0.05) is 24.1 Å². The maximum absolute atomic E-state index is 12.0. The van der Waals surface area contributed by atoms with Crippen LogP contribution < -0.4 is 11.1 Å². The van der Waals surface area contributed by atoms with Crippen LogP contribution in [0.15, 0.2) is 24.3 Å². The Morgan fingerprint density at radius 1 is 1.35 bits per heavy atom. The van der Waals surface area contributed by atoms with E-state index in [1.54, 1.807) is 0 Å². The fraction of sp³-hybridized carbons (Fsp3) is 0.500. The van der Waals surface area contributed by atoms with Gasteiger partial charge in [0.15, 0.2) is 0 Å². The lowest BCUT2D eigenvalue weighted by atomic mass is 10.0. The molecule has 1 aliphatic carbocycles. The van der Waals surface area contributed by atoms with Crippen molar-refractivity contribution in [2.75, 3.05) is 6.54 Å². The number of aryl methyl sites for hydroxylation is 1. The van der Waals surface area contributed by atoms with Crippen LogP contribution in [-0.4, -0.2) is 18.5 Å².